The van der Waals surface area contributed by atoms with Crippen molar-refractivity contribution in [1.82, 2.24) is 4.90 Å². The fraction of sp³-hybridized carbons (Fsp3) is 0.625. The molecule has 1 aliphatic rings. The van der Waals surface area contributed by atoms with Crippen LogP contribution in [-0.2, 0) is 4.74 Å². The molecule has 1 aromatic carbocycles. The van der Waals surface area contributed by atoms with Gasteiger partial charge < -0.3 is 19.8 Å². The number of hydrogen-bond donors (Lipinski definition) is 2. The van der Waals surface area contributed by atoms with Crippen molar-refractivity contribution in [3.63, 3.8) is 0 Å². The zero-order valence-electron chi connectivity index (χ0n) is 12.2. The lowest BCUT2D eigenvalue weighted by Gasteiger charge is -2.34. The van der Waals surface area contributed by atoms with E-state index in [1.807, 2.05) is 24.3 Å². The van der Waals surface area contributed by atoms with E-state index in [4.69, 9.17) is 21.4 Å². The van der Waals surface area contributed by atoms with Gasteiger partial charge in [-0.05, 0) is 49.5 Å². The van der Waals surface area contributed by atoms with Crippen LogP contribution in [0.2, 0.25) is 5.02 Å². The van der Waals surface area contributed by atoms with Crippen molar-refractivity contribution in [3.05, 3.63) is 34.9 Å². The van der Waals surface area contributed by atoms with Crippen LogP contribution in [0.1, 0.15) is 24.5 Å². The second-order valence-electron chi connectivity index (χ2n) is 5.51. The van der Waals surface area contributed by atoms with Crippen LogP contribution in [0.25, 0.3) is 0 Å². The summed E-state index contributed by atoms with van der Waals surface area (Å²) in [6.45, 7) is 4.01. The summed E-state index contributed by atoms with van der Waals surface area (Å²) in [7, 11) is 0. The number of aliphatic hydroxyl groups excluding tert-OH is 2. The highest BCUT2D eigenvalue weighted by atomic mass is 35.5. The molecule has 2 rings (SSSR count). The largest absolute Gasteiger partial charge is 0.394 e. The Morgan fingerprint density at radius 1 is 1.19 bits per heavy atom. The standard InChI is InChI=1S/C16H24ClNO3/c17-15-3-1-13(2-4-15)16(20)14-5-7-18(8-6-14)9-11-21-12-10-19/h1-4,14,16,19-20H,5-12H2. The van der Waals surface area contributed by atoms with E-state index in [0.29, 0.717) is 24.2 Å². The Kier molecular flexibility index (Phi) is 6.93. The molecule has 2 N–H and O–H groups in total. The molecule has 118 valence electrons. The van der Waals surface area contributed by atoms with E-state index in [1.165, 1.54) is 0 Å². The Morgan fingerprint density at radius 3 is 2.48 bits per heavy atom. The molecule has 0 radical (unpaired) electrons. The summed E-state index contributed by atoms with van der Waals surface area (Å²) >= 11 is 5.88. The van der Waals surface area contributed by atoms with E-state index in [1.54, 1.807) is 0 Å². The van der Waals surface area contributed by atoms with Gasteiger partial charge in [0.2, 0.25) is 0 Å². The summed E-state index contributed by atoms with van der Waals surface area (Å²) in [6.07, 6.45) is 1.57. The second-order valence-corrected chi connectivity index (χ2v) is 5.95. The Hall–Kier alpha value is -0.650. The first kappa shape index (κ1) is 16.7. The van der Waals surface area contributed by atoms with Crippen molar-refractivity contribution in [2.24, 2.45) is 5.92 Å². The lowest BCUT2D eigenvalue weighted by atomic mass is 9.87. The summed E-state index contributed by atoms with van der Waals surface area (Å²) in [4.78, 5) is 2.35. The van der Waals surface area contributed by atoms with Gasteiger partial charge in [0.05, 0.1) is 25.9 Å². The molecule has 5 heteroatoms. The minimum Gasteiger partial charge on any atom is -0.394 e. The molecule has 1 unspecified atom stereocenters. The van der Waals surface area contributed by atoms with Gasteiger partial charge in [-0.2, -0.15) is 0 Å². The normalized spacial score (nSPS) is 18.8. The van der Waals surface area contributed by atoms with Crippen LogP contribution in [0.15, 0.2) is 24.3 Å². The van der Waals surface area contributed by atoms with E-state index < -0.39 is 6.10 Å². The molecule has 21 heavy (non-hydrogen) atoms. The first-order valence-corrected chi connectivity index (χ1v) is 7.93. The van der Waals surface area contributed by atoms with Gasteiger partial charge in [0, 0.05) is 11.6 Å². The maximum atomic E-state index is 10.5. The van der Waals surface area contributed by atoms with Crippen molar-refractivity contribution in [1.29, 1.82) is 0 Å². The van der Waals surface area contributed by atoms with Gasteiger partial charge in [0.15, 0.2) is 0 Å². The summed E-state index contributed by atoms with van der Waals surface area (Å²) in [6, 6.07) is 7.46. The summed E-state index contributed by atoms with van der Waals surface area (Å²) in [5.41, 5.74) is 0.948. The minimum atomic E-state index is -0.407. The van der Waals surface area contributed by atoms with Gasteiger partial charge in [0.1, 0.15) is 0 Å². The Morgan fingerprint density at radius 2 is 1.86 bits per heavy atom. The third kappa shape index (κ3) is 5.24. The van der Waals surface area contributed by atoms with Crippen LogP contribution >= 0.6 is 11.6 Å². The van der Waals surface area contributed by atoms with Gasteiger partial charge in [0.25, 0.3) is 0 Å². The number of aliphatic hydroxyl groups is 2. The van der Waals surface area contributed by atoms with Crippen molar-refractivity contribution in [2.75, 3.05) is 39.5 Å². The zero-order chi connectivity index (χ0) is 15.1. The first-order chi connectivity index (χ1) is 10.2. The van der Waals surface area contributed by atoms with Crippen LogP contribution in [0, 0.1) is 5.92 Å². The maximum absolute atomic E-state index is 10.5. The zero-order valence-corrected chi connectivity index (χ0v) is 13.0. The Balaban J connectivity index is 1.74. The summed E-state index contributed by atoms with van der Waals surface area (Å²) in [5, 5.41) is 19.8. The van der Waals surface area contributed by atoms with E-state index in [2.05, 4.69) is 4.90 Å². The van der Waals surface area contributed by atoms with E-state index in [0.717, 1.165) is 38.0 Å². The van der Waals surface area contributed by atoms with Gasteiger partial charge in [-0.15, -0.1) is 0 Å². The molecular formula is C16H24ClNO3. The second kappa shape index (κ2) is 8.71. The van der Waals surface area contributed by atoms with Crippen LogP contribution in [0.5, 0.6) is 0 Å². The number of piperidine rings is 1. The molecule has 1 atom stereocenters. The van der Waals surface area contributed by atoms with Crippen LogP contribution < -0.4 is 0 Å². The van der Waals surface area contributed by atoms with E-state index in [-0.39, 0.29) is 6.61 Å². The van der Waals surface area contributed by atoms with Gasteiger partial charge in [-0.1, -0.05) is 23.7 Å². The van der Waals surface area contributed by atoms with Gasteiger partial charge >= 0.3 is 0 Å². The molecule has 4 nitrogen and oxygen atoms in total. The number of rotatable bonds is 7. The predicted octanol–water partition coefficient (Wildman–Crippen LogP) is 2.09. The predicted molar refractivity (Wildman–Crippen MR) is 83.5 cm³/mol. The molecule has 1 fully saturated rings. The molecular weight excluding hydrogens is 290 g/mol. The SMILES string of the molecule is OCCOCCN1CCC(C(O)c2ccc(Cl)cc2)CC1. The van der Waals surface area contributed by atoms with Crippen LogP contribution in [0.3, 0.4) is 0 Å². The van der Waals surface area contributed by atoms with Gasteiger partial charge in [-0.25, -0.2) is 0 Å². The number of ether oxygens (including phenoxy) is 1. The third-order valence-corrected chi connectivity index (χ3v) is 4.33. The number of hydrogen-bond acceptors (Lipinski definition) is 4. The van der Waals surface area contributed by atoms with Crippen LogP contribution in [-0.4, -0.2) is 54.6 Å². The highest BCUT2D eigenvalue weighted by Gasteiger charge is 2.25. The molecule has 0 aliphatic carbocycles. The molecule has 0 aromatic heterocycles. The average molecular weight is 314 g/mol. The molecule has 0 bridgehead atoms. The number of halogens is 1. The molecule has 1 saturated heterocycles. The van der Waals surface area contributed by atoms with Crippen molar-refractivity contribution in [2.45, 2.75) is 18.9 Å². The average Bonchev–Trinajstić information content (AvgIpc) is 2.52. The maximum Gasteiger partial charge on any atom is 0.0819 e. The smallest absolute Gasteiger partial charge is 0.0819 e. The van der Waals surface area contributed by atoms with Crippen molar-refractivity contribution < 1.29 is 14.9 Å². The summed E-state index contributed by atoms with van der Waals surface area (Å²) in [5.74, 6) is 0.306. The van der Waals surface area contributed by atoms with Crippen molar-refractivity contribution in [3.8, 4) is 0 Å². The highest BCUT2D eigenvalue weighted by Crippen LogP contribution is 2.31. The van der Waals surface area contributed by atoms with Crippen LogP contribution in [0.4, 0.5) is 0 Å². The number of nitrogens with zero attached hydrogens (tertiary/aromatic N) is 1. The first-order valence-electron chi connectivity index (χ1n) is 7.55. The monoisotopic (exact) mass is 313 g/mol. The third-order valence-electron chi connectivity index (χ3n) is 4.08. The number of likely N-dealkylation sites (tertiary alicyclic amines) is 1. The van der Waals surface area contributed by atoms with Gasteiger partial charge in [-0.3, -0.25) is 0 Å². The van der Waals surface area contributed by atoms with E-state index >= 15 is 0 Å². The molecule has 0 spiro atoms. The molecule has 1 aliphatic heterocycles. The minimum absolute atomic E-state index is 0.0787. The molecule has 0 saturated carbocycles. The Labute approximate surface area is 131 Å². The molecule has 0 amide bonds. The lowest BCUT2D eigenvalue weighted by molar-refractivity contribution is 0.0377. The highest BCUT2D eigenvalue weighted by molar-refractivity contribution is 6.30. The van der Waals surface area contributed by atoms with E-state index in [9.17, 15) is 5.11 Å². The quantitative estimate of drug-likeness (QED) is 0.757. The molecule has 1 heterocycles. The topological polar surface area (TPSA) is 52.9 Å². The fourth-order valence-electron chi connectivity index (χ4n) is 2.78. The summed E-state index contributed by atoms with van der Waals surface area (Å²) < 4.78 is 5.29. The fourth-order valence-corrected chi connectivity index (χ4v) is 2.91. The van der Waals surface area contributed by atoms with Crippen molar-refractivity contribution >= 4 is 11.6 Å². The number of benzene rings is 1. The molecule has 1 aromatic rings. The Bertz CT molecular complexity index is 404. The lowest BCUT2D eigenvalue weighted by Crippen LogP contribution is -2.37.